The van der Waals surface area contributed by atoms with E-state index < -0.39 is 11.8 Å². The first-order valence-electron chi connectivity index (χ1n) is 5.87. The molecule has 0 bridgehead atoms. The van der Waals surface area contributed by atoms with E-state index in [4.69, 9.17) is 9.47 Å². The van der Waals surface area contributed by atoms with Crippen molar-refractivity contribution in [2.75, 3.05) is 6.61 Å². The quantitative estimate of drug-likeness (QED) is 0.791. The molecule has 0 aliphatic heterocycles. The van der Waals surface area contributed by atoms with Gasteiger partial charge in [-0.2, -0.15) is 0 Å². The lowest BCUT2D eigenvalue weighted by atomic mass is 10.2. The Hall–Kier alpha value is -1.95. The summed E-state index contributed by atoms with van der Waals surface area (Å²) in [5, 5.41) is 0. The van der Waals surface area contributed by atoms with Crippen LogP contribution in [0.1, 0.15) is 17.3 Å². The van der Waals surface area contributed by atoms with Gasteiger partial charge in [-0.15, -0.1) is 0 Å². The first-order valence-corrected chi connectivity index (χ1v) is 6.66. The molecule has 0 N–H and O–H groups in total. The number of hydrogen-bond acceptors (Lipinski definition) is 4. The highest BCUT2D eigenvalue weighted by atomic mass is 79.9. The van der Waals surface area contributed by atoms with Gasteiger partial charge in [-0.25, -0.2) is 14.2 Å². The molecule has 2 rings (SSSR count). The predicted octanol–water partition coefficient (Wildman–Crippen LogP) is 3.95. The molecule has 0 amide bonds. The topological polar surface area (TPSA) is 48.4 Å². The molecule has 0 aliphatic rings. The van der Waals surface area contributed by atoms with Crippen LogP contribution in [-0.4, -0.2) is 17.6 Å². The molecule has 1 aromatic carbocycles. The molecule has 2 aromatic rings. The number of benzene rings is 1. The van der Waals surface area contributed by atoms with Crippen molar-refractivity contribution in [2.45, 2.75) is 6.92 Å². The Morgan fingerprint density at radius 3 is 2.95 bits per heavy atom. The lowest BCUT2D eigenvalue weighted by molar-refractivity contribution is 0.0522. The maximum Gasteiger partial charge on any atom is 0.343 e. The van der Waals surface area contributed by atoms with Crippen LogP contribution in [0.2, 0.25) is 0 Å². The van der Waals surface area contributed by atoms with Crippen molar-refractivity contribution in [3.63, 3.8) is 0 Å². The Morgan fingerprint density at radius 2 is 2.20 bits per heavy atom. The molecule has 4 nitrogen and oxygen atoms in total. The van der Waals surface area contributed by atoms with E-state index >= 15 is 0 Å². The third-order valence-electron chi connectivity index (χ3n) is 2.37. The maximum absolute atomic E-state index is 13.6. The van der Waals surface area contributed by atoms with E-state index in [0.717, 1.165) is 0 Å². The highest BCUT2D eigenvalue weighted by Gasteiger charge is 2.16. The highest BCUT2D eigenvalue weighted by molar-refractivity contribution is 9.10. The average molecular weight is 340 g/mol. The van der Waals surface area contributed by atoms with Crippen LogP contribution in [0.5, 0.6) is 11.6 Å². The molecule has 0 saturated carbocycles. The van der Waals surface area contributed by atoms with Gasteiger partial charge in [0.15, 0.2) is 11.6 Å². The van der Waals surface area contributed by atoms with E-state index in [1.807, 2.05) is 0 Å². The van der Waals surface area contributed by atoms with Gasteiger partial charge < -0.3 is 9.47 Å². The number of rotatable bonds is 4. The second-order valence-electron chi connectivity index (χ2n) is 3.75. The number of halogens is 2. The summed E-state index contributed by atoms with van der Waals surface area (Å²) < 4.78 is 24.6. The van der Waals surface area contributed by atoms with Crippen LogP contribution in [0.4, 0.5) is 4.39 Å². The summed E-state index contributed by atoms with van der Waals surface area (Å²) in [6, 6.07) is 7.35. The van der Waals surface area contributed by atoms with Crippen molar-refractivity contribution >= 4 is 21.9 Å². The number of pyridine rings is 1. The minimum Gasteiger partial charge on any atom is -0.462 e. The normalized spacial score (nSPS) is 10.2. The van der Waals surface area contributed by atoms with E-state index in [-0.39, 0.29) is 23.8 Å². The van der Waals surface area contributed by atoms with Crippen LogP contribution in [-0.2, 0) is 4.74 Å². The zero-order valence-corrected chi connectivity index (χ0v) is 12.2. The fourth-order valence-electron chi connectivity index (χ4n) is 1.50. The molecule has 104 valence electrons. The Morgan fingerprint density at radius 1 is 1.40 bits per heavy atom. The molecule has 0 spiro atoms. The van der Waals surface area contributed by atoms with Crippen molar-refractivity contribution < 1.29 is 18.7 Å². The zero-order chi connectivity index (χ0) is 14.5. The third-order valence-corrected chi connectivity index (χ3v) is 2.86. The minimum absolute atomic E-state index is 0.00273. The number of esters is 1. The molecule has 1 heterocycles. The van der Waals surface area contributed by atoms with E-state index in [1.165, 1.54) is 24.4 Å². The number of carbonyl (C=O) groups excluding carboxylic acids is 1. The molecule has 0 aliphatic carbocycles. The molecule has 20 heavy (non-hydrogen) atoms. The molecule has 6 heteroatoms. The molecule has 1 aromatic heterocycles. The number of ether oxygens (including phenoxy) is 2. The van der Waals surface area contributed by atoms with Crippen LogP contribution in [0.3, 0.4) is 0 Å². The number of hydrogen-bond donors (Lipinski definition) is 0. The van der Waals surface area contributed by atoms with Gasteiger partial charge in [0, 0.05) is 10.7 Å². The van der Waals surface area contributed by atoms with Gasteiger partial charge in [0.1, 0.15) is 5.56 Å². The number of carbonyl (C=O) groups is 1. The van der Waals surface area contributed by atoms with E-state index in [2.05, 4.69) is 20.9 Å². The van der Waals surface area contributed by atoms with Crippen molar-refractivity contribution in [3.8, 4) is 11.6 Å². The van der Waals surface area contributed by atoms with Crippen LogP contribution in [0.15, 0.2) is 41.0 Å². The Kier molecular flexibility index (Phi) is 4.68. The summed E-state index contributed by atoms with van der Waals surface area (Å²) in [7, 11) is 0. The zero-order valence-electron chi connectivity index (χ0n) is 10.6. The molecular formula is C14H11BrFNO3. The van der Waals surface area contributed by atoms with Crippen molar-refractivity contribution in [2.24, 2.45) is 0 Å². The molecule has 0 fully saturated rings. The lowest BCUT2D eigenvalue weighted by Gasteiger charge is -2.10. The highest BCUT2D eigenvalue weighted by Crippen LogP contribution is 2.28. The van der Waals surface area contributed by atoms with Crippen LogP contribution in [0.25, 0.3) is 0 Å². The summed E-state index contributed by atoms with van der Waals surface area (Å²) in [5.74, 6) is -1.13. The van der Waals surface area contributed by atoms with Gasteiger partial charge in [-0.05, 0) is 37.3 Å². The Bertz CT molecular complexity index is 634. The van der Waals surface area contributed by atoms with Crippen molar-refractivity contribution in [3.05, 3.63) is 52.4 Å². The number of aromatic nitrogens is 1. The van der Waals surface area contributed by atoms with Crippen molar-refractivity contribution in [1.29, 1.82) is 0 Å². The van der Waals surface area contributed by atoms with E-state index in [1.54, 1.807) is 19.1 Å². The average Bonchev–Trinajstić information content (AvgIpc) is 2.44. The molecule has 0 saturated heterocycles. The lowest BCUT2D eigenvalue weighted by Crippen LogP contribution is -2.07. The van der Waals surface area contributed by atoms with Gasteiger partial charge in [0.25, 0.3) is 0 Å². The Balaban J connectivity index is 2.34. The fraction of sp³-hybridized carbons (Fsp3) is 0.143. The minimum atomic E-state index is -0.564. The second kappa shape index (κ2) is 6.47. The maximum atomic E-state index is 13.6. The number of nitrogens with zero attached hydrogens (tertiary/aromatic N) is 1. The van der Waals surface area contributed by atoms with Gasteiger partial charge in [0.05, 0.1) is 6.61 Å². The largest absolute Gasteiger partial charge is 0.462 e. The first-order chi connectivity index (χ1) is 9.61. The van der Waals surface area contributed by atoms with Crippen LogP contribution < -0.4 is 4.74 Å². The molecule has 0 radical (unpaired) electrons. The van der Waals surface area contributed by atoms with Gasteiger partial charge in [-0.3, -0.25) is 0 Å². The molecule has 0 unspecified atom stereocenters. The molecule has 0 atom stereocenters. The van der Waals surface area contributed by atoms with Crippen LogP contribution >= 0.6 is 15.9 Å². The summed E-state index contributed by atoms with van der Waals surface area (Å²) in [6.45, 7) is 1.93. The predicted molar refractivity (Wildman–Crippen MR) is 74.4 cm³/mol. The molecular weight excluding hydrogens is 329 g/mol. The first kappa shape index (κ1) is 14.5. The van der Waals surface area contributed by atoms with Crippen molar-refractivity contribution in [1.82, 2.24) is 4.98 Å². The fourth-order valence-corrected chi connectivity index (χ4v) is 1.84. The van der Waals surface area contributed by atoms with Crippen LogP contribution in [0, 0.1) is 5.82 Å². The summed E-state index contributed by atoms with van der Waals surface area (Å²) >= 11 is 3.22. The van der Waals surface area contributed by atoms with E-state index in [0.29, 0.717) is 4.47 Å². The summed E-state index contributed by atoms with van der Waals surface area (Å²) in [4.78, 5) is 15.7. The van der Waals surface area contributed by atoms with Gasteiger partial charge in [-0.1, -0.05) is 15.9 Å². The summed E-state index contributed by atoms with van der Waals surface area (Å²) in [6.07, 6.45) is 1.45. The summed E-state index contributed by atoms with van der Waals surface area (Å²) in [5.41, 5.74) is 0.147. The third kappa shape index (κ3) is 3.33. The van der Waals surface area contributed by atoms with Gasteiger partial charge >= 0.3 is 5.97 Å². The second-order valence-corrected chi connectivity index (χ2v) is 4.67. The van der Waals surface area contributed by atoms with Gasteiger partial charge in [0.2, 0.25) is 5.88 Å². The SMILES string of the molecule is CCOC(=O)c1cccnc1Oc1cc(Br)ccc1F. The smallest absolute Gasteiger partial charge is 0.343 e. The Labute approximate surface area is 123 Å². The van der Waals surface area contributed by atoms with E-state index in [9.17, 15) is 9.18 Å². The standard InChI is InChI=1S/C14H11BrFNO3/c1-2-19-14(18)10-4-3-7-17-13(10)20-12-8-9(15)5-6-11(12)16/h3-8H,2H2,1H3. The monoisotopic (exact) mass is 339 g/mol.